The molecule has 1 aliphatic heterocycles. The number of hydrogen-bond donors (Lipinski definition) is 2. The van der Waals surface area contributed by atoms with Crippen LogP contribution in [0.4, 0.5) is 11.5 Å². The van der Waals surface area contributed by atoms with Gasteiger partial charge in [-0.25, -0.2) is 4.98 Å². The summed E-state index contributed by atoms with van der Waals surface area (Å²) in [6.45, 7) is 4.27. The minimum Gasteiger partial charge on any atom is -0.497 e. The highest BCUT2D eigenvalue weighted by Gasteiger charge is 2.19. The lowest BCUT2D eigenvalue weighted by molar-refractivity contribution is 0.240. The molecule has 144 valence electrons. The van der Waals surface area contributed by atoms with Crippen LogP contribution in [0.15, 0.2) is 46.4 Å². The molecule has 1 fully saturated rings. The van der Waals surface area contributed by atoms with Gasteiger partial charge in [0.05, 0.1) is 12.8 Å². The Kier molecular flexibility index (Phi) is 6.74. The molecule has 1 saturated heterocycles. The van der Waals surface area contributed by atoms with Crippen molar-refractivity contribution < 1.29 is 9.84 Å². The molecule has 27 heavy (non-hydrogen) atoms. The lowest BCUT2D eigenvalue weighted by Crippen LogP contribution is -2.34. The van der Waals surface area contributed by atoms with Crippen LogP contribution in [0.3, 0.4) is 0 Å². The first kappa shape index (κ1) is 19.7. The van der Waals surface area contributed by atoms with Gasteiger partial charge in [0.2, 0.25) is 0 Å². The summed E-state index contributed by atoms with van der Waals surface area (Å²) in [5.74, 6) is 2.42. The molecule has 1 N–H and O–H groups in total. The first-order valence-electron chi connectivity index (χ1n) is 9.35. The zero-order valence-corrected chi connectivity index (χ0v) is 16.8. The minimum absolute atomic E-state index is 0.290. The second kappa shape index (κ2) is 9.24. The fourth-order valence-corrected chi connectivity index (χ4v) is 3.64. The molecule has 3 rings (SSSR count). The zero-order valence-electron chi connectivity index (χ0n) is 15.9. The van der Waals surface area contributed by atoms with E-state index in [9.17, 15) is 0 Å². The number of piperidine rings is 1. The van der Waals surface area contributed by atoms with Crippen LogP contribution < -0.4 is 9.64 Å². The van der Waals surface area contributed by atoms with E-state index in [-0.39, 0.29) is 0 Å². The molecular formula is C21H27N3O2S. The minimum atomic E-state index is 0.290. The van der Waals surface area contributed by atoms with Crippen molar-refractivity contribution in [2.45, 2.75) is 31.1 Å². The number of thiol groups is 1. The van der Waals surface area contributed by atoms with Crippen molar-refractivity contribution in [1.29, 1.82) is 0 Å². The molecule has 0 spiro atoms. The molecular weight excluding hydrogens is 358 g/mol. The highest BCUT2D eigenvalue weighted by molar-refractivity contribution is 7.80. The third kappa shape index (κ3) is 5.02. The molecule has 0 saturated carbocycles. The number of aliphatic imine (C=N–C) groups is 1. The molecule has 0 bridgehead atoms. The molecule has 2 aromatic rings. The van der Waals surface area contributed by atoms with E-state index in [2.05, 4.69) is 39.6 Å². The van der Waals surface area contributed by atoms with E-state index in [0.717, 1.165) is 65.8 Å². The number of hydrogen-bond acceptors (Lipinski definition) is 6. The second-order valence-electron chi connectivity index (χ2n) is 6.90. The van der Waals surface area contributed by atoms with Gasteiger partial charge in [0.1, 0.15) is 11.6 Å². The molecule has 0 aliphatic carbocycles. The van der Waals surface area contributed by atoms with Crippen LogP contribution in [0.25, 0.3) is 0 Å². The molecule has 6 heteroatoms. The van der Waals surface area contributed by atoms with E-state index in [1.807, 2.05) is 31.3 Å². The normalized spacial score (nSPS) is 15.9. The molecule has 1 aliphatic rings. The summed E-state index contributed by atoms with van der Waals surface area (Å²) in [5.41, 5.74) is 2.71. The number of benzene rings is 1. The lowest BCUT2D eigenvalue weighted by atomic mass is 9.94. The van der Waals surface area contributed by atoms with Gasteiger partial charge in [-0.1, -0.05) is 0 Å². The maximum absolute atomic E-state index is 9.08. The summed E-state index contributed by atoms with van der Waals surface area (Å²) in [4.78, 5) is 12.4. The molecule has 0 unspecified atom stereocenters. The number of aliphatic hydroxyl groups is 1. The van der Waals surface area contributed by atoms with E-state index >= 15 is 0 Å². The first-order valence-corrected chi connectivity index (χ1v) is 9.80. The predicted molar refractivity (Wildman–Crippen MR) is 113 cm³/mol. The number of aliphatic hydroxyl groups excluding tert-OH is 1. The van der Waals surface area contributed by atoms with Crippen LogP contribution in [0.2, 0.25) is 0 Å². The Labute approximate surface area is 166 Å². The SMILES string of the molecule is COc1ccc(N=C(C)c2ccc(N3CCC(CCO)CC3)nc2)c(S)c1. The Bertz CT molecular complexity index is 785. The quantitative estimate of drug-likeness (QED) is 0.580. The van der Waals surface area contributed by atoms with Crippen molar-refractivity contribution in [1.82, 2.24) is 4.98 Å². The standard InChI is InChI=1S/C21H27N3O2S/c1-15(23-19-5-4-18(26-2)13-20(19)27)17-3-6-21(22-14-17)24-10-7-16(8-11-24)9-12-25/h3-6,13-14,16,25,27H,7-12H2,1-2H3. The number of anilines is 1. The molecule has 1 aromatic heterocycles. The summed E-state index contributed by atoms with van der Waals surface area (Å²) in [6.07, 6.45) is 5.03. The molecule has 1 aromatic carbocycles. The summed E-state index contributed by atoms with van der Waals surface area (Å²) in [7, 11) is 1.64. The fraction of sp³-hybridized carbons (Fsp3) is 0.429. The largest absolute Gasteiger partial charge is 0.497 e. The Morgan fingerprint density at radius 2 is 2.07 bits per heavy atom. The number of methoxy groups -OCH3 is 1. The summed E-state index contributed by atoms with van der Waals surface area (Å²) in [6, 6.07) is 9.78. The summed E-state index contributed by atoms with van der Waals surface area (Å²) >= 11 is 4.49. The van der Waals surface area contributed by atoms with E-state index in [1.165, 1.54) is 0 Å². The van der Waals surface area contributed by atoms with E-state index in [1.54, 1.807) is 7.11 Å². The van der Waals surface area contributed by atoms with Gasteiger partial charge in [0.25, 0.3) is 0 Å². The van der Waals surface area contributed by atoms with Crippen molar-refractivity contribution in [2.75, 3.05) is 31.7 Å². The molecule has 0 atom stereocenters. The molecule has 2 heterocycles. The van der Waals surface area contributed by atoms with Gasteiger partial charge >= 0.3 is 0 Å². The molecule has 0 amide bonds. The zero-order chi connectivity index (χ0) is 19.2. The second-order valence-corrected chi connectivity index (χ2v) is 7.38. The number of rotatable bonds is 6. The predicted octanol–water partition coefficient (Wildman–Crippen LogP) is 4.12. The average molecular weight is 386 g/mol. The smallest absolute Gasteiger partial charge is 0.128 e. The maximum atomic E-state index is 9.08. The monoisotopic (exact) mass is 385 g/mol. The number of ether oxygens (including phenoxy) is 1. The van der Waals surface area contributed by atoms with Gasteiger partial charge < -0.3 is 14.7 Å². The fourth-order valence-electron chi connectivity index (χ4n) is 3.39. The van der Waals surface area contributed by atoms with Gasteiger partial charge in [0.15, 0.2) is 0 Å². The number of aromatic nitrogens is 1. The highest BCUT2D eigenvalue weighted by atomic mass is 32.1. The van der Waals surface area contributed by atoms with Gasteiger partial charge in [-0.3, -0.25) is 4.99 Å². The first-order chi connectivity index (χ1) is 13.1. The third-order valence-electron chi connectivity index (χ3n) is 5.11. The Morgan fingerprint density at radius 3 is 2.67 bits per heavy atom. The third-order valence-corrected chi connectivity index (χ3v) is 5.47. The van der Waals surface area contributed by atoms with Crippen molar-refractivity contribution in [3.8, 4) is 5.75 Å². The van der Waals surface area contributed by atoms with Crippen molar-refractivity contribution in [3.05, 3.63) is 42.1 Å². The van der Waals surface area contributed by atoms with Crippen LogP contribution in [0.1, 0.15) is 31.7 Å². The van der Waals surface area contributed by atoms with Crippen molar-refractivity contribution >= 4 is 29.8 Å². The van der Waals surface area contributed by atoms with Gasteiger partial charge in [-0.05, 0) is 62.4 Å². The summed E-state index contributed by atoms with van der Waals surface area (Å²) in [5, 5.41) is 9.08. The van der Waals surface area contributed by atoms with E-state index in [0.29, 0.717) is 12.5 Å². The average Bonchev–Trinajstić information content (AvgIpc) is 2.70. The lowest BCUT2D eigenvalue weighted by Gasteiger charge is -2.32. The molecule has 5 nitrogen and oxygen atoms in total. The van der Waals surface area contributed by atoms with Gasteiger partial charge in [-0.2, -0.15) is 0 Å². The van der Waals surface area contributed by atoms with E-state index < -0.39 is 0 Å². The van der Waals surface area contributed by atoms with Crippen LogP contribution >= 0.6 is 12.6 Å². The number of nitrogens with zero attached hydrogens (tertiary/aromatic N) is 3. The van der Waals surface area contributed by atoms with Crippen molar-refractivity contribution in [2.24, 2.45) is 10.9 Å². The van der Waals surface area contributed by atoms with Crippen LogP contribution in [-0.2, 0) is 0 Å². The van der Waals surface area contributed by atoms with Crippen LogP contribution in [-0.4, -0.2) is 42.6 Å². The molecule has 0 radical (unpaired) electrons. The van der Waals surface area contributed by atoms with E-state index in [4.69, 9.17) is 9.84 Å². The summed E-state index contributed by atoms with van der Waals surface area (Å²) < 4.78 is 5.21. The van der Waals surface area contributed by atoms with Crippen molar-refractivity contribution in [3.63, 3.8) is 0 Å². The van der Waals surface area contributed by atoms with Gasteiger partial charge in [0, 0.05) is 42.1 Å². The topological polar surface area (TPSA) is 58.0 Å². The maximum Gasteiger partial charge on any atom is 0.128 e. The highest BCUT2D eigenvalue weighted by Crippen LogP contribution is 2.28. The van der Waals surface area contributed by atoms with Crippen LogP contribution in [0, 0.1) is 5.92 Å². The Balaban J connectivity index is 1.68. The number of pyridine rings is 1. The Morgan fingerprint density at radius 1 is 1.30 bits per heavy atom. The van der Waals surface area contributed by atoms with Gasteiger partial charge in [-0.15, -0.1) is 12.6 Å². The van der Waals surface area contributed by atoms with Crippen LogP contribution in [0.5, 0.6) is 5.75 Å². The Hall–Kier alpha value is -2.05.